The smallest absolute Gasteiger partial charge is 0.242 e. The number of rotatable bonds is 4. The molecular weight excluding hydrogens is 322 g/mol. The Kier molecular flexibility index (Phi) is 5.26. The molecule has 1 atom stereocenters. The van der Waals surface area contributed by atoms with Crippen molar-refractivity contribution in [2.24, 2.45) is 4.40 Å². The van der Waals surface area contributed by atoms with Gasteiger partial charge in [-0.3, -0.25) is 0 Å². The van der Waals surface area contributed by atoms with Crippen LogP contribution in [-0.2, 0) is 11.4 Å². The predicted molar refractivity (Wildman–Crippen MR) is 91.2 cm³/mol. The van der Waals surface area contributed by atoms with E-state index in [4.69, 9.17) is 16.3 Å². The Balaban J connectivity index is 2.45. The van der Waals surface area contributed by atoms with Gasteiger partial charge < -0.3 is 9.29 Å². The van der Waals surface area contributed by atoms with E-state index in [0.717, 1.165) is 0 Å². The zero-order valence-corrected chi connectivity index (χ0v) is 14.5. The standard InChI is InChI=1S/C15H18ClN3O2S/c1-5-21-14-13(9-17-22(20)15(2,3)4)18-12-8-10(16)6-7-11(12)19-14/h6-9H,5H2,1-4H3/t22-/m1/s1. The molecular formula is C15H18ClN3O2S. The highest BCUT2D eigenvalue weighted by Gasteiger charge is 2.26. The van der Waals surface area contributed by atoms with Crippen molar-refractivity contribution in [3.05, 3.63) is 28.9 Å². The van der Waals surface area contributed by atoms with E-state index in [-0.39, 0.29) is 0 Å². The summed E-state index contributed by atoms with van der Waals surface area (Å²) >= 11 is 4.61. The van der Waals surface area contributed by atoms with Crippen LogP contribution in [0.3, 0.4) is 0 Å². The molecule has 0 saturated heterocycles. The summed E-state index contributed by atoms with van der Waals surface area (Å²) in [5.74, 6) is 0.368. The third kappa shape index (κ3) is 4.09. The first-order chi connectivity index (χ1) is 10.3. The topological polar surface area (TPSA) is 70.4 Å². The van der Waals surface area contributed by atoms with Crippen molar-refractivity contribution < 1.29 is 9.29 Å². The Morgan fingerprint density at radius 1 is 1.32 bits per heavy atom. The summed E-state index contributed by atoms with van der Waals surface area (Å²) in [6, 6.07) is 5.25. The molecule has 0 bridgehead atoms. The average Bonchev–Trinajstić information content (AvgIpc) is 2.44. The van der Waals surface area contributed by atoms with Gasteiger partial charge in [0.25, 0.3) is 0 Å². The van der Waals surface area contributed by atoms with E-state index >= 15 is 0 Å². The van der Waals surface area contributed by atoms with Crippen LogP contribution < -0.4 is 4.74 Å². The number of hydrogen-bond donors (Lipinski definition) is 0. The normalized spacial score (nSPS) is 13.7. The van der Waals surface area contributed by atoms with Crippen molar-refractivity contribution in [2.75, 3.05) is 6.61 Å². The highest BCUT2D eigenvalue weighted by molar-refractivity contribution is 7.91. The number of hydrogen-bond acceptors (Lipinski definition) is 5. The first-order valence-electron chi connectivity index (χ1n) is 6.87. The van der Waals surface area contributed by atoms with Crippen molar-refractivity contribution >= 4 is 40.2 Å². The summed E-state index contributed by atoms with van der Waals surface area (Å²) < 4.78 is 21.2. The van der Waals surface area contributed by atoms with Crippen LogP contribution in [0.25, 0.3) is 11.0 Å². The van der Waals surface area contributed by atoms with Gasteiger partial charge in [0.05, 0.1) is 17.6 Å². The van der Waals surface area contributed by atoms with Crippen LogP contribution in [0.2, 0.25) is 5.02 Å². The van der Waals surface area contributed by atoms with Gasteiger partial charge in [-0.15, -0.1) is 0 Å². The Labute approximate surface area is 138 Å². The summed E-state index contributed by atoms with van der Waals surface area (Å²) in [6.07, 6.45) is 1.44. The van der Waals surface area contributed by atoms with Crippen LogP contribution >= 0.6 is 11.6 Å². The van der Waals surface area contributed by atoms with Crippen molar-refractivity contribution in [3.63, 3.8) is 0 Å². The van der Waals surface area contributed by atoms with Crippen molar-refractivity contribution in [1.29, 1.82) is 0 Å². The van der Waals surface area contributed by atoms with Crippen molar-refractivity contribution in [1.82, 2.24) is 9.97 Å². The lowest BCUT2D eigenvalue weighted by atomic mass is 10.3. The van der Waals surface area contributed by atoms with E-state index in [1.807, 2.05) is 27.7 Å². The highest BCUT2D eigenvalue weighted by Crippen LogP contribution is 2.22. The Bertz CT molecular complexity index is 701. The van der Waals surface area contributed by atoms with Gasteiger partial charge in [-0.1, -0.05) is 16.0 Å². The van der Waals surface area contributed by atoms with Crippen LogP contribution in [0.1, 0.15) is 33.4 Å². The predicted octanol–water partition coefficient (Wildman–Crippen LogP) is 3.56. The third-order valence-electron chi connectivity index (χ3n) is 2.70. The maximum absolute atomic E-state index is 12.0. The molecule has 1 aromatic carbocycles. The van der Waals surface area contributed by atoms with Crippen LogP contribution in [0.5, 0.6) is 5.88 Å². The van der Waals surface area contributed by atoms with E-state index in [0.29, 0.717) is 34.2 Å². The van der Waals surface area contributed by atoms with Gasteiger partial charge in [0.15, 0.2) is 0 Å². The largest absolute Gasteiger partial charge is 0.591 e. The van der Waals surface area contributed by atoms with Crippen LogP contribution in [0, 0.1) is 0 Å². The molecule has 0 aliphatic rings. The van der Waals surface area contributed by atoms with Gasteiger partial charge in [0.2, 0.25) is 5.88 Å². The average molecular weight is 340 g/mol. The molecule has 1 heterocycles. The van der Waals surface area contributed by atoms with E-state index < -0.39 is 16.1 Å². The number of benzene rings is 1. The number of nitrogens with zero attached hydrogens (tertiary/aromatic N) is 3. The second kappa shape index (κ2) is 6.81. The van der Waals surface area contributed by atoms with E-state index in [9.17, 15) is 4.55 Å². The maximum Gasteiger partial charge on any atom is 0.242 e. The minimum Gasteiger partial charge on any atom is -0.591 e. The third-order valence-corrected chi connectivity index (χ3v) is 4.27. The maximum atomic E-state index is 12.0. The molecule has 118 valence electrons. The molecule has 0 fully saturated rings. The molecule has 0 unspecified atom stereocenters. The molecule has 2 rings (SSSR count). The highest BCUT2D eigenvalue weighted by atomic mass is 35.5. The van der Waals surface area contributed by atoms with Gasteiger partial charge in [0.1, 0.15) is 28.0 Å². The van der Waals surface area contributed by atoms with Gasteiger partial charge in [-0.05, 0) is 45.9 Å². The number of aromatic nitrogens is 2. The minimum absolute atomic E-state index is 0.368. The van der Waals surface area contributed by atoms with E-state index in [2.05, 4.69) is 14.4 Å². The molecule has 5 nitrogen and oxygen atoms in total. The summed E-state index contributed by atoms with van der Waals surface area (Å²) in [6.45, 7) is 7.89. The van der Waals surface area contributed by atoms with Crippen LogP contribution in [0.4, 0.5) is 0 Å². The van der Waals surface area contributed by atoms with Gasteiger partial charge in [0, 0.05) is 5.02 Å². The number of fused-ring (bicyclic) bond motifs is 1. The molecule has 0 aliphatic heterocycles. The lowest BCUT2D eigenvalue weighted by molar-refractivity contribution is 0.326. The molecule has 0 aliphatic carbocycles. The van der Waals surface area contributed by atoms with Gasteiger partial charge in [-0.2, -0.15) is 0 Å². The molecule has 1 aromatic heterocycles. The monoisotopic (exact) mass is 339 g/mol. The zero-order valence-electron chi connectivity index (χ0n) is 13.0. The van der Waals surface area contributed by atoms with Crippen LogP contribution in [-0.4, -0.2) is 32.1 Å². The zero-order chi connectivity index (χ0) is 16.3. The second-order valence-corrected chi connectivity index (χ2v) is 7.95. The Morgan fingerprint density at radius 3 is 2.68 bits per heavy atom. The fraction of sp³-hybridized carbons (Fsp3) is 0.400. The van der Waals surface area contributed by atoms with Crippen molar-refractivity contribution in [2.45, 2.75) is 32.4 Å². The van der Waals surface area contributed by atoms with E-state index in [1.54, 1.807) is 18.2 Å². The van der Waals surface area contributed by atoms with Gasteiger partial charge >= 0.3 is 0 Å². The lowest BCUT2D eigenvalue weighted by Gasteiger charge is -2.17. The first kappa shape index (κ1) is 17.0. The molecule has 0 radical (unpaired) electrons. The molecule has 2 aromatic rings. The van der Waals surface area contributed by atoms with E-state index in [1.165, 1.54) is 6.21 Å². The minimum atomic E-state index is -1.37. The molecule has 7 heteroatoms. The fourth-order valence-corrected chi connectivity index (χ4v) is 2.29. The van der Waals surface area contributed by atoms with Crippen molar-refractivity contribution in [3.8, 4) is 5.88 Å². The number of halogens is 1. The summed E-state index contributed by atoms with van der Waals surface area (Å²) in [7, 11) is 0. The SMILES string of the molecule is CCOc1nc2ccc(Cl)cc2nc1C=N[S@+]([O-])C(C)(C)C. The molecule has 0 amide bonds. The lowest BCUT2D eigenvalue weighted by Crippen LogP contribution is -2.25. The summed E-state index contributed by atoms with van der Waals surface area (Å²) in [5.41, 5.74) is 1.76. The molecule has 0 N–H and O–H groups in total. The first-order valence-corrected chi connectivity index (χ1v) is 8.36. The molecule has 0 spiro atoms. The van der Waals surface area contributed by atoms with Crippen LogP contribution in [0.15, 0.2) is 22.6 Å². The van der Waals surface area contributed by atoms with Gasteiger partial charge in [-0.25, -0.2) is 9.97 Å². The summed E-state index contributed by atoms with van der Waals surface area (Å²) in [5, 5.41) is 0.576. The quantitative estimate of drug-likeness (QED) is 0.630. The number of ether oxygens (including phenoxy) is 1. The molecule has 22 heavy (non-hydrogen) atoms. The second-order valence-electron chi connectivity index (χ2n) is 5.58. The summed E-state index contributed by atoms with van der Waals surface area (Å²) in [4.78, 5) is 8.87. The Morgan fingerprint density at radius 2 is 2.05 bits per heavy atom. The molecule has 0 saturated carbocycles. The Hall–Kier alpha value is -1.37. The fourth-order valence-electron chi connectivity index (χ4n) is 1.61.